The van der Waals surface area contributed by atoms with Crippen LogP contribution in [0.15, 0.2) is 53.3 Å². The normalized spacial score (nSPS) is 37.4. The van der Waals surface area contributed by atoms with Crippen molar-refractivity contribution < 1.29 is 48.0 Å². The summed E-state index contributed by atoms with van der Waals surface area (Å²) in [5.74, 6) is -3.23. The van der Waals surface area contributed by atoms with E-state index in [0.717, 1.165) is 72.3 Å². The first-order chi connectivity index (χ1) is 29.3. The highest BCUT2D eigenvalue weighted by atomic mass is 16.6. The summed E-state index contributed by atoms with van der Waals surface area (Å²) < 4.78 is 29.2. The van der Waals surface area contributed by atoms with Crippen molar-refractivity contribution in [3.8, 4) is 0 Å². The predicted molar refractivity (Wildman–Crippen MR) is 224 cm³/mol. The molecule has 2 aromatic rings. The number of likely N-dealkylation sites (N-methyl/N-ethyl adjacent to an activating group) is 1. The minimum Gasteiger partial charge on any atom is -0.468 e. The molecule has 0 radical (unpaired) electrons. The summed E-state index contributed by atoms with van der Waals surface area (Å²) in [6.07, 6.45) is 8.31. The number of methoxy groups -OCH3 is 4. The first-order valence-corrected chi connectivity index (χ1v) is 21.9. The van der Waals surface area contributed by atoms with E-state index >= 15 is 4.79 Å². The Morgan fingerprint density at radius 1 is 0.967 bits per heavy atom. The molecule has 2 aliphatic carbocycles. The number of likely N-dealkylation sites (tertiary alicyclic amines) is 1. The number of piperidine rings is 1. The van der Waals surface area contributed by atoms with Gasteiger partial charge in [0.1, 0.15) is 11.5 Å². The van der Waals surface area contributed by atoms with Gasteiger partial charge in [0.05, 0.1) is 39.0 Å². The largest absolute Gasteiger partial charge is 0.468 e. The number of rotatable bonds is 8. The SMILES string of the molecule is CCC1=C[C@H]2CN(C1)Cc1c([nH]c3ccc(C(=O)OC)cc13)[C@@](C(=O)OC)(C1C=C3C(=CC1OC)N(C)[C@H]1[C@@](O)(C(=O)OC)[C@H](OC(C)=O)C4[C@@H](CC)CCN5CC[C@]31[C@H]45)C2. The molecular formula is C47H60N4O10. The summed E-state index contributed by atoms with van der Waals surface area (Å²) in [6.45, 7) is 9.21. The molecule has 5 aliphatic heterocycles. The van der Waals surface area contributed by atoms with E-state index < -0.39 is 64.5 Å². The molecule has 12 atom stereocenters. The molecule has 3 saturated heterocycles. The smallest absolute Gasteiger partial charge is 0.344 e. The Balaban J connectivity index is 1.32. The van der Waals surface area contributed by atoms with Crippen LogP contribution in [0.2, 0.25) is 0 Å². The second kappa shape index (κ2) is 15.1. The van der Waals surface area contributed by atoms with E-state index in [-0.39, 0.29) is 23.8 Å². The number of aliphatic hydroxyl groups is 1. The van der Waals surface area contributed by atoms with Gasteiger partial charge in [-0.2, -0.15) is 0 Å². The van der Waals surface area contributed by atoms with Gasteiger partial charge in [0.25, 0.3) is 0 Å². The molecule has 61 heavy (non-hydrogen) atoms. The predicted octanol–water partition coefficient (Wildman–Crippen LogP) is 4.26. The first-order valence-electron chi connectivity index (χ1n) is 21.9. The number of benzene rings is 1. The topological polar surface area (TPSA) is 160 Å². The van der Waals surface area contributed by atoms with Crippen LogP contribution in [0.5, 0.6) is 0 Å². The van der Waals surface area contributed by atoms with Crippen molar-refractivity contribution in [1.82, 2.24) is 19.7 Å². The van der Waals surface area contributed by atoms with E-state index in [2.05, 4.69) is 46.9 Å². The lowest BCUT2D eigenvalue weighted by molar-refractivity contribution is -0.238. The summed E-state index contributed by atoms with van der Waals surface area (Å²) in [4.78, 5) is 66.3. The van der Waals surface area contributed by atoms with Gasteiger partial charge in [-0.1, -0.05) is 38.0 Å². The van der Waals surface area contributed by atoms with Gasteiger partial charge in [-0.05, 0) is 86.0 Å². The van der Waals surface area contributed by atoms with Crippen LogP contribution in [-0.2, 0) is 50.0 Å². The zero-order chi connectivity index (χ0) is 43.3. The molecule has 14 nitrogen and oxygen atoms in total. The highest BCUT2D eigenvalue weighted by molar-refractivity contribution is 5.97. The average Bonchev–Trinajstić information content (AvgIpc) is 3.91. The summed E-state index contributed by atoms with van der Waals surface area (Å²) in [6, 6.07) is 4.40. The summed E-state index contributed by atoms with van der Waals surface area (Å²) >= 11 is 0. The second-order valence-electron chi connectivity index (χ2n) is 18.5. The third-order valence-electron chi connectivity index (χ3n) is 16.0. The first kappa shape index (κ1) is 41.8. The van der Waals surface area contributed by atoms with Crippen molar-refractivity contribution in [3.05, 3.63) is 70.1 Å². The van der Waals surface area contributed by atoms with Crippen LogP contribution in [0.4, 0.5) is 0 Å². The Kier molecular flexibility index (Phi) is 10.4. The van der Waals surface area contributed by atoms with E-state index in [0.29, 0.717) is 31.5 Å². The van der Waals surface area contributed by atoms with Crippen LogP contribution in [0, 0.1) is 29.1 Å². The molecule has 328 valence electrons. The molecule has 6 heterocycles. The summed E-state index contributed by atoms with van der Waals surface area (Å²) in [5, 5.41) is 14.1. The number of aromatic amines is 1. The molecule has 1 spiro atoms. The fourth-order valence-electron chi connectivity index (χ4n) is 13.8. The maximum absolute atomic E-state index is 15.3. The monoisotopic (exact) mass is 840 g/mol. The number of hydrogen-bond acceptors (Lipinski definition) is 13. The Hall–Kier alpha value is -4.50. The molecule has 2 N–H and O–H groups in total. The lowest BCUT2D eigenvalue weighted by Gasteiger charge is -2.61. The van der Waals surface area contributed by atoms with Crippen molar-refractivity contribution in [2.45, 2.75) is 94.7 Å². The third-order valence-corrected chi connectivity index (χ3v) is 16.0. The molecule has 0 amide bonds. The minimum atomic E-state index is -2.23. The molecule has 2 bridgehead atoms. The number of fused-ring (bicyclic) bond motifs is 6. The maximum Gasteiger partial charge on any atom is 0.344 e. The number of hydrogen-bond donors (Lipinski definition) is 2. The standard InChI is InChI=1S/C47H60N4O10/c1-9-26-17-27-21-46(43(54)59-7,38-31(24-50(22-26)23-27)30-18-29(41(53)58-6)11-12-34(30)48-38)33-19-32-35(20-36(33)57-5)49(4)42-45(32)14-16-51-15-13-28(10-2)37(39(45)51)40(61-25(3)52)47(42,56)44(55)60-8/h11-12,17-20,27-28,33,36-37,39-40,42,48,56H,9-10,13-16,21-24H2,1-8H3/t27-,28+,33?,36?,37?,39+,40-,42-,45-,46+,47-/m1/s1. The zero-order valence-corrected chi connectivity index (χ0v) is 36.6. The molecule has 7 aliphatic rings. The number of ether oxygens (including phenoxy) is 5. The van der Waals surface area contributed by atoms with Crippen molar-refractivity contribution in [2.24, 2.45) is 29.1 Å². The number of carbonyl (C=O) groups is 4. The van der Waals surface area contributed by atoms with Crippen LogP contribution < -0.4 is 0 Å². The zero-order valence-electron chi connectivity index (χ0n) is 36.6. The number of esters is 4. The molecular weight excluding hydrogens is 781 g/mol. The number of aromatic nitrogens is 1. The Morgan fingerprint density at radius 2 is 1.74 bits per heavy atom. The molecule has 1 aromatic heterocycles. The van der Waals surface area contributed by atoms with Gasteiger partial charge in [-0.25, -0.2) is 9.59 Å². The molecule has 14 heteroatoms. The van der Waals surface area contributed by atoms with Gasteiger partial charge < -0.3 is 38.7 Å². The van der Waals surface area contributed by atoms with Crippen LogP contribution >= 0.6 is 0 Å². The lowest BCUT2D eigenvalue weighted by Crippen LogP contribution is -2.77. The van der Waals surface area contributed by atoms with Crippen molar-refractivity contribution in [3.63, 3.8) is 0 Å². The lowest BCUT2D eigenvalue weighted by atomic mass is 9.50. The quantitative estimate of drug-likeness (QED) is 0.221. The van der Waals surface area contributed by atoms with Gasteiger partial charge in [0.2, 0.25) is 5.60 Å². The van der Waals surface area contributed by atoms with Crippen LogP contribution in [0.25, 0.3) is 10.9 Å². The van der Waals surface area contributed by atoms with E-state index in [1.165, 1.54) is 33.8 Å². The molecule has 4 fully saturated rings. The van der Waals surface area contributed by atoms with Gasteiger partial charge in [0, 0.05) is 86.3 Å². The van der Waals surface area contributed by atoms with Crippen LogP contribution in [-0.4, -0.2) is 140 Å². The van der Waals surface area contributed by atoms with E-state index in [9.17, 15) is 19.5 Å². The molecule has 4 unspecified atom stereocenters. The average molecular weight is 841 g/mol. The van der Waals surface area contributed by atoms with Gasteiger partial charge in [-0.3, -0.25) is 19.4 Å². The summed E-state index contributed by atoms with van der Waals surface area (Å²) in [5.41, 5.74) is 1.49. The Bertz CT molecular complexity index is 2260. The third kappa shape index (κ3) is 5.73. The number of H-pyrrole nitrogens is 1. The van der Waals surface area contributed by atoms with E-state index in [1.807, 2.05) is 24.1 Å². The molecule has 1 aromatic carbocycles. The van der Waals surface area contributed by atoms with Crippen molar-refractivity contribution in [1.29, 1.82) is 0 Å². The number of nitrogens with one attached hydrogen (secondary N) is 1. The number of nitrogens with zero attached hydrogens (tertiary/aromatic N) is 3. The fourth-order valence-corrected chi connectivity index (χ4v) is 13.8. The highest BCUT2D eigenvalue weighted by Gasteiger charge is 2.79. The van der Waals surface area contributed by atoms with E-state index in [1.54, 1.807) is 13.2 Å². The van der Waals surface area contributed by atoms with Gasteiger partial charge in [-0.15, -0.1) is 0 Å². The number of carbonyl (C=O) groups excluding carboxylic acids is 4. The molecule has 9 rings (SSSR count). The number of allylic oxidation sites excluding steroid dienone is 1. The van der Waals surface area contributed by atoms with Crippen LogP contribution in [0.1, 0.15) is 74.5 Å². The minimum absolute atomic E-state index is 0.00923. The van der Waals surface area contributed by atoms with Gasteiger partial charge in [0.15, 0.2) is 0 Å². The highest BCUT2D eigenvalue weighted by Crippen LogP contribution is 2.68. The Labute approximate surface area is 357 Å². The van der Waals surface area contributed by atoms with Crippen LogP contribution in [0.3, 0.4) is 0 Å². The van der Waals surface area contributed by atoms with Crippen molar-refractivity contribution in [2.75, 3.05) is 61.7 Å². The Morgan fingerprint density at radius 3 is 2.41 bits per heavy atom. The maximum atomic E-state index is 15.3. The fraction of sp³-hybridized carbons (Fsp3) is 0.617. The van der Waals surface area contributed by atoms with Gasteiger partial charge >= 0.3 is 23.9 Å². The van der Waals surface area contributed by atoms with E-state index in [4.69, 9.17) is 23.7 Å². The summed E-state index contributed by atoms with van der Waals surface area (Å²) in [7, 11) is 7.62. The second-order valence-corrected chi connectivity index (χ2v) is 18.5. The molecule has 1 saturated carbocycles. The van der Waals surface area contributed by atoms with Crippen molar-refractivity contribution >= 4 is 34.8 Å².